The van der Waals surface area contributed by atoms with E-state index in [2.05, 4.69) is 25.1 Å². The zero-order chi connectivity index (χ0) is 7.11. The first-order chi connectivity index (χ1) is 4.23. The fraction of sp³-hybridized carbons (Fsp3) is 0.571. The van der Waals surface area contributed by atoms with Gasteiger partial charge in [-0.1, -0.05) is 20.8 Å². The van der Waals surface area contributed by atoms with Crippen LogP contribution in [0.1, 0.15) is 20.8 Å². The summed E-state index contributed by atoms with van der Waals surface area (Å²) < 4.78 is 3.76. The maximum atomic E-state index is 3.76. The fourth-order valence-corrected chi connectivity index (χ4v) is 0.527. The van der Waals surface area contributed by atoms with Gasteiger partial charge in [0.15, 0.2) is 0 Å². The molecule has 0 N–H and O–H groups in total. The second-order valence-electron chi connectivity index (χ2n) is 2.42. The molecule has 0 atom stereocenters. The Morgan fingerprint density at radius 3 is 2.00 bits per heavy atom. The van der Waals surface area contributed by atoms with Gasteiger partial charge < -0.3 is 0 Å². The van der Waals surface area contributed by atoms with Gasteiger partial charge in [-0.3, -0.25) is 0 Å². The zero-order valence-corrected chi connectivity index (χ0v) is 6.98. The Morgan fingerprint density at radius 1 is 1.33 bits per heavy atom. The quantitative estimate of drug-likeness (QED) is 0.544. The van der Waals surface area contributed by atoms with E-state index in [0.717, 1.165) is 5.92 Å². The van der Waals surface area contributed by atoms with Crippen LogP contribution in [0.5, 0.6) is 0 Å². The SMILES string of the molecule is CC(C)C.c1cnsc1. The normalized spacial score (nSPS) is 8.44. The van der Waals surface area contributed by atoms with Crippen LogP contribution in [-0.4, -0.2) is 4.37 Å². The molecule has 0 aliphatic carbocycles. The molecular weight excluding hydrogens is 130 g/mol. The molecular formula is C7H13NS. The Hall–Kier alpha value is -0.370. The smallest absolute Gasteiger partial charge is 0.0406 e. The maximum absolute atomic E-state index is 3.76. The summed E-state index contributed by atoms with van der Waals surface area (Å²) in [7, 11) is 0. The summed E-state index contributed by atoms with van der Waals surface area (Å²) in [6.07, 6.45) is 1.77. The maximum Gasteiger partial charge on any atom is 0.0406 e. The lowest BCUT2D eigenvalue weighted by Gasteiger charge is -1.79. The minimum Gasteiger partial charge on any atom is -0.201 e. The van der Waals surface area contributed by atoms with Gasteiger partial charge in [-0.15, -0.1) is 0 Å². The largest absolute Gasteiger partial charge is 0.201 e. The van der Waals surface area contributed by atoms with E-state index >= 15 is 0 Å². The predicted molar refractivity (Wildman–Crippen MR) is 42.6 cm³/mol. The molecule has 0 fully saturated rings. The molecule has 1 rings (SSSR count). The van der Waals surface area contributed by atoms with Crippen LogP contribution in [0.15, 0.2) is 17.6 Å². The average molecular weight is 143 g/mol. The molecule has 0 radical (unpaired) electrons. The molecule has 2 heteroatoms. The summed E-state index contributed by atoms with van der Waals surface area (Å²) in [5.41, 5.74) is 0. The molecule has 0 aliphatic rings. The molecule has 0 saturated heterocycles. The molecule has 0 spiro atoms. The lowest BCUT2D eigenvalue weighted by atomic mass is 10.3. The number of hydrogen-bond donors (Lipinski definition) is 0. The van der Waals surface area contributed by atoms with Crippen molar-refractivity contribution in [3.8, 4) is 0 Å². The fourth-order valence-electron chi connectivity index (χ4n) is 0.176. The van der Waals surface area contributed by atoms with Crippen molar-refractivity contribution in [3.63, 3.8) is 0 Å². The third-order valence-electron chi connectivity index (χ3n) is 0.347. The lowest BCUT2D eigenvalue weighted by Crippen LogP contribution is -1.66. The Labute approximate surface area is 60.9 Å². The summed E-state index contributed by atoms with van der Waals surface area (Å²) in [6, 6.07) is 1.91. The topological polar surface area (TPSA) is 12.9 Å². The van der Waals surface area contributed by atoms with E-state index < -0.39 is 0 Å². The van der Waals surface area contributed by atoms with Crippen molar-refractivity contribution >= 4 is 11.5 Å². The molecule has 1 aromatic rings. The molecule has 0 aromatic carbocycles. The minimum atomic E-state index is 0.833. The van der Waals surface area contributed by atoms with Gasteiger partial charge in [0.1, 0.15) is 0 Å². The van der Waals surface area contributed by atoms with Crippen molar-refractivity contribution in [2.45, 2.75) is 20.8 Å². The first-order valence-corrected chi connectivity index (χ1v) is 3.91. The van der Waals surface area contributed by atoms with Crippen LogP contribution in [-0.2, 0) is 0 Å². The molecule has 0 bridgehead atoms. The van der Waals surface area contributed by atoms with Gasteiger partial charge >= 0.3 is 0 Å². The van der Waals surface area contributed by atoms with E-state index in [-0.39, 0.29) is 0 Å². The number of nitrogens with zero attached hydrogens (tertiary/aromatic N) is 1. The number of rotatable bonds is 0. The summed E-state index contributed by atoms with van der Waals surface area (Å²) in [5, 5.41) is 1.93. The highest BCUT2D eigenvalue weighted by atomic mass is 32.1. The van der Waals surface area contributed by atoms with Crippen molar-refractivity contribution in [2.75, 3.05) is 0 Å². The Kier molecular flexibility index (Phi) is 5.52. The van der Waals surface area contributed by atoms with Crippen LogP contribution in [0.4, 0.5) is 0 Å². The Morgan fingerprint density at radius 2 is 1.89 bits per heavy atom. The first-order valence-electron chi connectivity index (χ1n) is 3.08. The molecule has 1 nitrogen and oxygen atoms in total. The Balaban J connectivity index is 0.000000148. The predicted octanol–water partition coefficient (Wildman–Crippen LogP) is 2.81. The summed E-state index contributed by atoms with van der Waals surface area (Å²) >= 11 is 1.46. The van der Waals surface area contributed by atoms with Crippen LogP contribution in [0.2, 0.25) is 0 Å². The van der Waals surface area contributed by atoms with Crippen LogP contribution in [0, 0.1) is 5.92 Å². The highest BCUT2D eigenvalue weighted by molar-refractivity contribution is 7.03. The third-order valence-corrected chi connectivity index (χ3v) is 0.869. The summed E-state index contributed by atoms with van der Waals surface area (Å²) in [5.74, 6) is 0.833. The number of aromatic nitrogens is 1. The van der Waals surface area contributed by atoms with Gasteiger partial charge in [0, 0.05) is 11.6 Å². The van der Waals surface area contributed by atoms with Gasteiger partial charge in [0.2, 0.25) is 0 Å². The molecule has 0 amide bonds. The van der Waals surface area contributed by atoms with E-state index in [9.17, 15) is 0 Å². The van der Waals surface area contributed by atoms with E-state index in [1.54, 1.807) is 6.20 Å². The zero-order valence-electron chi connectivity index (χ0n) is 6.16. The highest BCUT2D eigenvalue weighted by Gasteiger charge is 1.68. The standard InChI is InChI=1S/C4H10.C3H3NS/c1-4(2)3;1-2-4-5-3-1/h4H,1-3H3;1-3H. The second kappa shape index (κ2) is 5.76. The van der Waals surface area contributed by atoms with Gasteiger partial charge in [0.25, 0.3) is 0 Å². The lowest BCUT2D eigenvalue weighted by molar-refractivity contribution is 0.737. The second-order valence-corrected chi connectivity index (χ2v) is 3.11. The molecule has 0 unspecified atom stereocenters. The Bertz CT molecular complexity index is 92.5. The average Bonchev–Trinajstić information content (AvgIpc) is 2.11. The molecule has 1 aromatic heterocycles. The highest BCUT2D eigenvalue weighted by Crippen LogP contribution is 1.84. The van der Waals surface area contributed by atoms with E-state index in [4.69, 9.17) is 0 Å². The van der Waals surface area contributed by atoms with Crippen LogP contribution < -0.4 is 0 Å². The van der Waals surface area contributed by atoms with E-state index in [1.165, 1.54) is 11.5 Å². The first kappa shape index (κ1) is 8.63. The molecule has 9 heavy (non-hydrogen) atoms. The van der Waals surface area contributed by atoms with Crippen LogP contribution >= 0.6 is 11.5 Å². The van der Waals surface area contributed by atoms with Crippen molar-refractivity contribution in [1.29, 1.82) is 0 Å². The van der Waals surface area contributed by atoms with Crippen LogP contribution in [0.25, 0.3) is 0 Å². The number of hydrogen-bond acceptors (Lipinski definition) is 2. The molecule has 52 valence electrons. The van der Waals surface area contributed by atoms with Crippen molar-refractivity contribution in [1.82, 2.24) is 4.37 Å². The van der Waals surface area contributed by atoms with Gasteiger partial charge in [-0.05, 0) is 23.5 Å². The van der Waals surface area contributed by atoms with Crippen molar-refractivity contribution in [3.05, 3.63) is 17.6 Å². The third kappa shape index (κ3) is 11.3. The van der Waals surface area contributed by atoms with Crippen molar-refractivity contribution < 1.29 is 0 Å². The molecule has 0 aliphatic heterocycles. The van der Waals surface area contributed by atoms with Crippen molar-refractivity contribution in [2.24, 2.45) is 5.92 Å². The molecule has 0 saturated carbocycles. The van der Waals surface area contributed by atoms with Gasteiger partial charge in [-0.25, -0.2) is 4.37 Å². The van der Waals surface area contributed by atoms with E-state index in [0.29, 0.717) is 0 Å². The van der Waals surface area contributed by atoms with E-state index in [1.807, 2.05) is 11.4 Å². The van der Waals surface area contributed by atoms with Gasteiger partial charge in [0.05, 0.1) is 0 Å². The van der Waals surface area contributed by atoms with Crippen LogP contribution in [0.3, 0.4) is 0 Å². The molecule has 1 heterocycles. The monoisotopic (exact) mass is 143 g/mol. The van der Waals surface area contributed by atoms with Gasteiger partial charge in [-0.2, -0.15) is 0 Å². The summed E-state index contributed by atoms with van der Waals surface area (Å²) in [4.78, 5) is 0. The minimum absolute atomic E-state index is 0.833. The summed E-state index contributed by atoms with van der Waals surface area (Å²) in [6.45, 7) is 6.50.